The van der Waals surface area contributed by atoms with Gasteiger partial charge in [-0.3, -0.25) is 0 Å². The van der Waals surface area contributed by atoms with Crippen LogP contribution in [0.5, 0.6) is 0 Å². The largest absolute Gasteiger partial charge is 0.383 e. The Balaban J connectivity index is 2.65. The first kappa shape index (κ1) is 15.3. The minimum absolute atomic E-state index is 0.282. The van der Waals surface area contributed by atoms with Crippen molar-refractivity contribution in [3.05, 3.63) is 29.6 Å². The predicted octanol–water partition coefficient (Wildman–Crippen LogP) is 3.97. The van der Waals surface area contributed by atoms with Crippen LogP contribution in [0.2, 0.25) is 0 Å². The van der Waals surface area contributed by atoms with Crippen LogP contribution >= 0.6 is 11.6 Å². The molecule has 2 rings (SSSR count). The molecule has 0 aliphatic carbocycles. The molecule has 0 aliphatic rings. The van der Waals surface area contributed by atoms with Gasteiger partial charge in [-0.25, -0.2) is 4.98 Å². The van der Waals surface area contributed by atoms with Crippen LogP contribution < -0.4 is 0 Å². The van der Waals surface area contributed by atoms with Gasteiger partial charge in [0.15, 0.2) is 0 Å². The summed E-state index contributed by atoms with van der Waals surface area (Å²) < 4.78 is 7.76. The number of para-hydroxylation sites is 1. The molecule has 1 unspecified atom stereocenters. The zero-order valence-corrected chi connectivity index (χ0v) is 13.4. The van der Waals surface area contributed by atoms with Crippen LogP contribution in [-0.2, 0) is 11.2 Å². The number of nitrogens with zero attached hydrogens (tertiary/aromatic N) is 2. The Morgan fingerprint density at radius 2 is 2.10 bits per heavy atom. The van der Waals surface area contributed by atoms with Gasteiger partial charge in [-0.15, -0.1) is 11.6 Å². The van der Waals surface area contributed by atoms with Gasteiger partial charge in [0.25, 0.3) is 0 Å². The molecule has 0 saturated heterocycles. The lowest BCUT2D eigenvalue weighted by Gasteiger charge is -2.25. The number of rotatable bonds is 6. The van der Waals surface area contributed by atoms with Crippen LogP contribution in [0, 0.1) is 12.8 Å². The van der Waals surface area contributed by atoms with E-state index in [1.165, 1.54) is 11.1 Å². The molecule has 0 amide bonds. The van der Waals surface area contributed by atoms with Crippen LogP contribution in [0.3, 0.4) is 0 Å². The zero-order chi connectivity index (χ0) is 14.7. The Kier molecular flexibility index (Phi) is 5.06. The first-order valence-electron chi connectivity index (χ1n) is 7.11. The number of halogens is 1. The van der Waals surface area contributed by atoms with Crippen LogP contribution in [-0.4, -0.2) is 29.1 Å². The minimum Gasteiger partial charge on any atom is -0.383 e. The monoisotopic (exact) mass is 294 g/mol. The molecule has 1 heterocycles. The highest BCUT2D eigenvalue weighted by atomic mass is 35.5. The number of alkyl halides is 1. The number of benzene rings is 1. The average molecular weight is 295 g/mol. The zero-order valence-electron chi connectivity index (χ0n) is 12.7. The topological polar surface area (TPSA) is 27.1 Å². The number of hydrogen-bond acceptors (Lipinski definition) is 2. The van der Waals surface area contributed by atoms with Crippen molar-refractivity contribution in [2.45, 2.75) is 33.2 Å². The lowest BCUT2D eigenvalue weighted by Crippen LogP contribution is -2.22. The first-order valence-corrected chi connectivity index (χ1v) is 7.65. The maximum atomic E-state index is 5.95. The summed E-state index contributed by atoms with van der Waals surface area (Å²) in [5.74, 6) is 2.11. The summed E-state index contributed by atoms with van der Waals surface area (Å²) in [6.45, 7) is 7.26. The lowest BCUT2D eigenvalue weighted by atomic mass is 10.0. The normalized spacial score (nSPS) is 13.3. The molecule has 110 valence electrons. The third kappa shape index (κ3) is 2.84. The van der Waals surface area contributed by atoms with Crippen molar-refractivity contribution < 1.29 is 4.74 Å². The van der Waals surface area contributed by atoms with Crippen molar-refractivity contribution in [3.8, 4) is 0 Å². The maximum absolute atomic E-state index is 5.95. The summed E-state index contributed by atoms with van der Waals surface area (Å²) in [7, 11) is 1.75. The van der Waals surface area contributed by atoms with E-state index in [4.69, 9.17) is 21.3 Å². The summed E-state index contributed by atoms with van der Waals surface area (Å²) >= 11 is 5.95. The van der Waals surface area contributed by atoms with Gasteiger partial charge in [0.05, 0.1) is 23.7 Å². The van der Waals surface area contributed by atoms with E-state index >= 15 is 0 Å². The molecule has 4 heteroatoms. The third-order valence-electron chi connectivity index (χ3n) is 3.74. The van der Waals surface area contributed by atoms with E-state index < -0.39 is 0 Å². The van der Waals surface area contributed by atoms with Crippen LogP contribution in [0.4, 0.5) is 0 Å². The second-order valence-corrected chi connectivity index (χ2v) is 5.92. The van der Waals surface area contributed by atoms with Crippen molar-refractivity contribution in [1.82, 2.24) is 9.55 Å². The average Bonchev–Trinajstić information content (AvgIpc) is 2.75. The van der Waals surface area contributed by atoms with E-state index in [0.717, 1.165) is 17.8 Å². The number of ether oxygens (including phenoxy) is 1. The summed E-state index contributed by atoms with van der Waals surface area (Å²) in [5.41, 5.74) is 3.51. The van der Waals surface area contributed by atoms with Gasteiger partial charge in [-0.1, -0.05) is 26.0 Å². The summed E-state index contributed by atoms with van der Waals surface area (Å²) in [6.07, 6.45) is 0.780. The first-order chi connectivity index (χ1) is 9.60. The Labute approximate surface area is 125 Å². The molecule has 1 atom stereocenters. The van der Waals surface area contributed by atoms with E-state index in [2.05, 4.69) is 43.5 Å². The number of aromatic nitrogens is 2. The Morgan fingerprint density at radius 3 is 2.70 bits per heavy atom. The Bertz CT molecular complexity index is 577. The van der Waals surface area contributed by atoms with Crippen molar-refractivity contribution >= 4 is 22.6 Å². The van der Waals surface area contributed by atoms with Gasteiger partial charge >= 0.3 is 0 Å². The predicted molar refractivity (Wildman–Crippen MR) is 84.6 cm³/mol. The smallest absolute Gasteiger partial charge is 0.111 e. The van der Waals surface area contributed by atoms with Gasteiger partial charge < -0.3 is 9.30 Å². The molecule has 1 aromatic heterocycles. The second-order valence-electron chi connectivity index (χ2n) is 5.55. The lowest BCUT2D eigenvalue weighted by molar-refractivity contribution is 0.133. The van der Waals surface area contributed by atoms with Crippen molar-refractivity contribution in [2.75, 3.05) is 19.6 Å². The number of aryl methyl sites for hydroxylation is 2. The highest BCUT2D eigenvalue weighted by Crippen LogP contribution is 2.29. The van der Waals surface area contributed by atoms with E-state index in [1.54, 1.807) is 7.11 Å². The van der Waals surface area contributed by atoms with Gasteiger partial charge in [-0.2, -0.15) is 0 Å². The summed E-state index contributed by atoms with van der Waals surface area (Å²) in [6, 6.07) is 6.54. The summed E-state index contributed by atoms with van der Waals surface area (Å²) in [5, 5.41) is 0. The molecular formula is C16H23ClN2O. The fraction of sp³-hybridized carbons (Fsp3) is 0.562. The molecule has 0 bridgehead atoms. The number of fused-ring (bicyclic) bond motifs is 1. The number of methoxy groups -OCH3 is 1. The van der Waals surface area contributed by atoms with Crippen LogP contribution in [0.15, 0.2) is 18.2 Å². The highest BCUT2D eigenvalue weighted by Gasteiger charge is 2.22. The molecule has 0 spiro atoms. The molecule has 0 saturated carbocycles. The van der Waals surface area contributed by atoms with Gasteiger partial charge in [-0.05, 0) is 24.5 Å². The van der Waals surface area contributed by atoms with Crippen molar-refractivity contribution in [2.24, 2.45) is 5.92 Å². The van der Waals surface area contributed by atoms with E-state index in [0.29, 0.717) is 18.4 Å². The maximum Gasteiger partial charge on any atom is 0.111 e. The minimum atomic E-state index is 0.282. The van der Waals surface area contributed by atoms with Crippen molar-refractivity contribution in [1.29, 1.82) is 0 Å². The fourth-order valence-corrected chi connectivity index (χ4v) is 2.89. The molecule has 0 N–H and O–H groups in total. The van der Waals surface area contributed by atoms with Crippen LogP contribution in [0.25, 0.3) is 11.0 Å². The third-order valence-corrected chi connectivity index (χ3v) is 3.93. The molecule has 0 fully saturated rings. The molecule has 20 heavy (non-hydrogen) atoms. The van der Waals surface area contributed by atoms with E-state index in [1.807, 2.05) is 0 Å². The molecule has 0 radical (unpaired) electrons. The van der Waals surface area contributed by atoms with E-state index in [-0.39, 0.29) is 6.04 Å². The molecule has 1 aromatic carbocycles. The van der Waals surface area contributed by atoms with E-state index in [9.17, 15) is 0 Å². The Hall–Kier alpha value is -1.06. The highest BCUT2D eigenvalue weighted by molar-refractivity contribution is 6.17. The van der Waals surface area contributed by atoms with Gasteiger partial charge in [0, 0.05) is 19.4 Å². The molecule has 2 aromatic rings. The SMILES string of the molecule is COCC(C(C)C)n1c(CCCl)nc2cccc(C)c21. The molecular weight excluding hydrogens is 272 g/mol. The molecule has 3 nitrogen and oxygen atoms in total. The van der Waals surface area contributed by atoms with Crippen molar-refractivity contribution in [3.63, 3.8) is 0 Å². The molecule has 0 aliphatic heterocycles. The number of hydrogen-bond donors (Lipinski definition) is 0. The van der Waals surface area contributed by atoms with Crippen LogP contribution in [0.1, 0.15) is 31.3 Å². The van der Waals surface area contributed by atoms with Gasteiger partial charge in [0.2, 0.25) is 0 Å². The standard InChI is InChI=1S/C16H23ClN2O/c1-11(2)14(10-20-4)19-15(8-9-17)18-13-7-5-6-12(3)16(13)19/h5-7,11,14H,8-10H2,1-4H3. The fourth-order valence-electron chi connectivity index (χ4n) is 2.72. The Morgan fingerprint density at radius 1 is 1.35 bits per heavy atom. The van der Waals surface area contributed by atoms with Gasteiger partial charge in [0.1, 0.15) is 5.82 Å². The summed E-state index contributed by atoms with van der Waals surface area (Å²) in [4.78, 5) is 4.77. The quantitative estimate of drug-likeness (QED) is 0.754. The number of imidazole rings is 1. The second kappa shape index (κ2) is 6.59.